The minimum Gasteiger partial charge on any atom is -0.508 e. The van der Waals surface area contributed by atoms with Gasteiger partial charge in [0.2, 0.25) is 0 Å². The molecule has 0 saturated carbocycles. The summed E-state index contributed by atoms with van der Waals surface area (Å²) < 4.78 is 0. The first-order valence-corrected chi connectivity index (χ1v) is 5.14. The van der Waals surface area contributed by atoms with Crippen molar-refractivity contribution in [3.63, 3.8) is 0 Å². The number of hydrogen-bond acceptors (Lipinski definition) is 2. The van der Waals surface area contributed by atoms with Crippen molar-refractivity contribution in [3.8, 4) is 5.75 Å². The van der Waals surface area contributed by atoms with E-state index in [1.807, 2.05) is 20.8 Å². The van der Waals surface area contributed by atoms with Crippen molar-refractivity contribution in [2.75, 3.05) is 6.54 Å². The Morgan fingerprint density at radius 3 is 2.64 bits per heavy atom. The van der Waals surface area contributed by atoms with Crippen molar-refractivity contribution in [3.05, 3.63) is 27.8 Å². The lowest BCUT2D eigenvalue weighted by molar-refractivity contribution is 0.464. The van der Waals surface area contributed by atoms with E-state index in [0.717, 1.165) is 28.3 Å². The molecule has 78 valence electrons. The van der Waals surface area contributed by atoms with Gasteiger partial charge in [-0.2, -0.15) is 0 Å². The normalized spacial score (nSPS) is 10.6. The van der Waals surface area contributed by atoms with E-state index in [-0.39, 0.29) is 0 Å². The molecule has 1 rings (SSSR count). The number of aromatic hydroxyl groups is 1. The molecule has 1 aromatic carbocycles. The van der Waals surface area contributed by atoms with Crippen LogP contribution >= 0.6 is 11.6 Å². The van der Waals surface area contributed by atoms with Crippen LogP contribution in [0.15, 0.2) is 6.07 Å². The third-order valence-corrected chi connectivity index (χ3v) is 2.92. The molecule has 0 radical (unpaired) electrons. The van der Waals surface area contributed by atoms with Gasteiger partial charge >= 0.3 is 0 Å². The molecule has 14 heavy (non-hydrogen) atoms. The van der Waals surface area contributed by atoms with Crippen LogP contribution in [-0.2, 0) is 6.54 Å². The Kier molecular flexibility index (Phi) is 3.78. The molecule has 0 spiro atoms. The van der Waals surface area contributed by atoms with Crippen LogP contribution in [0.5, 0.6) is 5.75 Å². The topological polar surface area (TPSA) is 32.3 Å². The van der Waals surface area contributed by atoms with Gasteiger partial charge in [0.25, 0.3) is 0 Å². The molecule has 0 unspecified atom stereocenters. The third-order valence-electron chi connectivity index (χ3n) is 2.34. The zero-order chi connectivity index (χ0) is 10.7. The lowest BCUT2D eigenvalue weighted by Gasteiger charge is -2.12. The van der Waals surface area contributed by atoms with Crippen LogP contribution in [0.3, 0.4) is 0 Å². The van der Waals surface area contributed by atoms with Gasteiger partial charge in [-0.15, -0.1) is 0 Å². The van der Waals surface area contributed by atoms with E-state index in [2.05, 4.69) is 5.32 Å². The minimum absolute atomic E-state index is 0.324. The van der Waals surface area contributed by atoms with Crippen molar-refractivity contribution in [1.82, 2.24) is 5.32 Å². The fraction of sp³-hybridized carbons (Fsp3) is 0.455. The number of halogens is 1. The smallest absolute Gasteiger partial charge is 0.120 e. The Balaban J connectivity index is 3.09. The first-order chi connectivity index (χ1) is 6.57. The molecule has 0 heterocycles. The molecular formula is C11H16ClNO. The van der Waals surface area contributed by atoms with E-state index in [1.54, 1.807) is 6.07 Å². The lowest BCUT2D eigenvalue weighted by Crippen LogP contribution is -2.13. The van der Waals surface area contributed by atoms with Gasteiger partial charge in [-0.1, -0.05) is 18.5 Å². The second kappa shape index (κ2) is 4.67. The summed E-state index contributed by atoms with van der Waals surface area (Å²) in [5.74, 6) is 0.324. The Morgan fingerprint density at radius 2 is 2.07 bits per heavy atom. The largest absolute Gasteiger partial charge is 0.508 e. The van der Waals surface area contributed by atoms with Gasteiger partial charge < -0.3 is 10.4 Å². The fourth-order valence-corrected chi connectivity index (χ4v) is 1.62. The number of benzene rings is 1. The molecule has 0 fully saturated rings. The second-order valence-corrected chi connectivity index (χ2v) is 3.79. The summed E-state index contributed by atoms with van der Waals surface area (Å²) >= 11 is 6.09. The number of hydrogen-bond donors (Lipinski definition) is 2. The van der Waals surface area contributed by atoms with Gasteiger partial charge in [0.15, 0.2) is 0 Å². The van der Waals surface area contributed by atoms with Crippen molar-refractivity contribution in [2.24, 2.45) is 0 Å². The van der Waals surface area contributed by atoms with Crippen molar-refractivity contribution < 1.29 is 5.11 Å². The Bertz CT molecular complexity index is 337. The molecule has 0 amide bonds. The zero-order valence-corrected chi connectivity index (χ0v) is 9.57. The van der Waals surface area contributed by atoms with Crippen molar-refractivity contribution in [2.45, 2.75) is 27.3 Å². The van der Waals surface area contributed by atoms with Crippen LogP contribution < -0.4 is 5.32 Å². The molecule has 0 saturated heterocycles. The molecule has 0 aromatic heterocycles. The molecule has 1 aromatic rings. The van der Waals surface area contributed by atoms with E-state index in [4.69, 9.17) is 11.6 Å². The van der Waals surface area contributed by atoms with Gasteiger partial charge in [-0.25, -0.2) is 0 Å². The fourth-order valence-electron chi connectivity index (χ4n) is 1.45. The maximum absolute atomic E-state index is 9.72. The first kappa shape index (κ1) is 11.3. The van der Waals surface area contributed by atoms with Crippen LogP contribution in [0.4, 0.5) is 0 Å². The summed E-state index contributed by atoms with van der Waals surface area (Å²) in [6.07, 6.45) is 0. The average Bonchev–Trinajstić information content (AvgIpc) is 2.14. The molecule has 3 heteroatoms. The Hall–Kier alpha value is -0.730. The maximum atomic E-state index is 9.72. The van der Waals surface area contributed by atoms with E-state index in [9.17, 15) is 5.11 Å². The van der Waals surface area contributed by atoms with Crippen LogP contribution in [0.1, 0.15) is 23.6 Å². The van der Waals surface area contributed by atoms with Gasteiger partial charge in [-0.3, -0.25) is 0 Å². The van der Waals surface area contributed by atoms with Gasteiger partial charge in [0.05, 0.1) is 0 Å². The number of phenols is 1. The number of aryl methyl sites for hydroxylation is 1. The van der Waals surface area contributed by atoms with Crippen LogP contribution in [0.25, 0.3) is 0 Å². The summed E-state index contributed by atoms with van der Waals surface area (Å²) in [5.41, 5.74) is 2.77. The molecule has 0 aliphatic carbocycles. The second-order valence-electron chi connectivity index (χ2n) is 3.41. The lowest BCUT2D eigenvalue weighted by atomic mass is 10.0. The number of rotatable bonds is 3. The summed E-state index contributed by atoms with van der Waals surface area (Å²) in [6, 6.07) is 1.71. The molecule has 2 nitrogen and oxygen atoms in total. The maximum Gasteiger partial charge on any atom is 0.120 e. The van der Waals surface area contributed by atoms with Crippen molar-refractivity contribution in [1.29, 1.82) is 0 Å². The Morgan fingerprint density at radius 1 is 1.43 bits per heavy atom. The predicted molar refractivity (Wildman–Crippen MR) is 60.0 cm³/mol. The summed E-state index contributed by atoms with van der Waals surface area (Å²) in [4.78, 5) is 0. The molecular weight excluding hydrogens is 198 g/mol. The number of phenolic OH excluding ortho intramolecular Hbond substituents is 1. The van der Waals surface area contributed by atoms with Crippen molar-refractivity contribution >= 4 is 11.6 Å². The van der Waals surface area contributed by atoms with Crippen LogP contribution in [-0.4, -0.2) is 11.7 Å². The standard InChI is InChI=1S/C11H16ClNO/c1-4-13-6-9-8(3)11(12)7(2)5-10(9)14/h5,13-14H,4,6H2,1-3H3. The van der Waals surface area contributed by atoms with Gasteiger partial charge in [0.1, 0.15) is 5.75 Å². The minimum atomic E-state index is 0.324. The SMILES string of the molecule is CCNCc1c(O)cc(C)c(Cl)c1C. The highest BCUT2D eigenvalue weighted by Gasteiger charge is 2.10. The van der Waals surface area contributed by atoms with E-state index in [1.165, 1.54) is 0 Å². The summed E-state index contributed by atoms with van der Waals surface area (Å²) in [6.45, 7) is 7.40. The van der Waals surface area contributed by atoms with Gasteiger partial charge in [-0.05, 0) is 37.6 Å². The zero-order valence-electron chi connectivity index (χ0n) is 8.82. The highest BCUT2D eigenvalue weighted by molar-refractivity contribution is 6.32. The van der Waals surface area contributed by atoms with E-state index in [0.29, 0.717) is 12.3 Å². The summed E-state index contributed by atoms with van der Waals surface area (Å²) in [7, 11) is 0. The molecule has 0 aliphatic rings. The molecule has 0 atom stereocenters. The van der Waals surface area contributed by atoms with Gasteiger partial charge in [0, 0.05) is 17.1 Å². The quantitative estimate of drug-likeness (QED) is 0.810. The first-order valence-electron chi connectivity index (χ1n) is 4.76. The number of nitrogens with one attached hydrogen (secondary N) is 1. The highest BCUT2D eigenvalue weighted by atomic mass is 35.5. The predicted octanol–water partition coefficient (Wildman–Crippen LogP) is 2.77. The monoisotopic (exact) mass is 213 g/mol. The molecule has 0 bridgehead atoms. The summed E-state index contributed by atoms with van der Waals surface area (Å²) in [5, 5.41) is 13.6. The van der Waals surface area contributed by atoms with Crippen LogP contribution in [0.2, 0.25) is 5.02 Å². The van der Waals surface area contributed by atoms with Crippen LogP contribution in [0, 0.1) is 13.8 Å². The third kappa shape index (κ3) is 2.20. The van der Waals surface area contributed by atoms with E-state index < -0.39 is 0 Å². The average molecular weight is 214 g/mol. The molecule has 2 N–H and O–H groups in total. The highest BCUT2D eigenvalue weighted by Crippen LogP contribution is 2.30. The Labute approximate surface area is 89.9 Å². The molecule has 0 aliphatic heterocycles. The van der Waals surface area contributed by atoms with E-state index >= 15 is 0 Å².